The molecule has 90 valence electrons. The van der Waals surface area contributed by atoms with Crippen LogP contribution in [0.5, 0.6) is 0 Å². The van der Waals surface area contributed by atoms with Crippen molar-refractivity contribution in [3.8, 4) is 11.1 Å². The molecule has 0 fully saturated rings. The largest absolute Gasteiger partial charge is 0.373 e. The molecule has 0 unspecified atom stereocenters. The van der Waals surface area contributed by atoms with Gasteiger partial charge in [-0.25, -0.2) is 4.98 Å². The SMILES string of the molecule is CNc1cc(-c2cc(Cl)cc3[nH]ncc23)ccn1. The Labute approximate surface area is 109 Å². The molecule has 0 radical (unpaired) electrons. The van der Waals surface area contributed by atoms with Crippen LogP contribution in [0.4, 0.5) is 5.82 Å². The van der Waals surface area contributed by atoms with Gasteiger partial charge in [-0.15, -0.1) is 0 Å². The summed E-state index contributed by atoms with van der Waals surface area (Å²) in [5, 5.41) is 11.7. The summed E-state index contributed by atoms with van der Waals surface area (Å²) in [5.74, 6) is 0.823. The van der Waals surface area contributed by atoms with Crippen LogP contribution in [0.1, 0.15) is 0 Å². The van der Waals surface area contributed by atoms with Gasteiger partial charge in [0.1, 0.15) is 5.82 Å². The molecule has 2 heterocycles. The van der Waals surface area contributed by atoms with Gasteiger partial charge in [-0.05, 0) is 35.4 Å². The van der Waals surface area contributed by atoms with E-state index < -0.39 is 0 Å². The van der Waals surface area contributed by atoms with E-state index in [2.05, 4.69) is 20.5 Å². The third kappa shape index (κ3) is 1.80. The van der Waals surface area contributed by atoms with Gasteiger partial charge in [0.15, 0.2) is 0 Å². The molecule has 0 aliphatic carbocycles. The van der Waals surface area contributed by atoms with Gasteiger partial charge in [0.05, 0.1) is 11.7 Å². The molecule has 1 aromatic carbocycles. The lowest BCUT2D eigenvalue weighted by Crippen LogP contribution is -1.91. The Morgan fingerprint density at radius 1 is 1.28 bits per heavy atom. The van der Waals surface area contributed by atoms with E-state index >= 15 is 0 Å². The number of rotatable bonds is 2. The van der Waals surface area contributed by atoms with E-state index in [1.54, 1.807) is 12.4 Å². The second-order valence-electron chi connectivity index (χ2n) is 3.96. The Morgan fingerprint density at radius 3 is 3.00 bits per heavy atom. The molecule has 4 nitrogen and oxygen atoms in total. The van der Waals surface area contributed by atoms with E-state index in [-0.39, 0.29) is 0 Å². The zero-order valence-electron chi connectivity index (χ0n) is 9.74. The lowest BCUT2D eigenvalue weighted by molar-refractivity contribution is 1.12. The Hall–Kier alpha value is -2.07. The first-order chi connectivity index (χ1) is 8.78. The summed E-state index contributed by atoms with van der Waals surface area (Å²) < 4.78 is 0. The van der Waals surface area contributed by atoms with Crippen molar-refractivity contribution in [1.82, 2.24) is 15.2 Å². The van der Waals surface area contributed by atoms with Gasteiger partial charge in [-0.2, -0.15) is 5.10 Å². The quantitative estimate of drug-likeness (QED) is 0.741. The van der Waals surface area contributed by atoms with E-state index in [0.717, 1.165) is 27.8 Å². The number of hydrogen-bond acceptors (Lipinski definition) is 3. The van der Waals surface area contributed by atoms with Crippen molar-refractivity contribution < 1.29 is 0 Å². The standard InChI is InChI=1S/C13H11ClN4/c1-15-13-4-8(2-3-16-13)10-5-9(14)6-12-11(10)7-17-18-12/h2-7H,1H3,(H,15,16)(H,17,18). The molecule has 2 N–H and O–H groups in total. The van der Waals surface area contributed by atoms with Crippen molar-refractivity contribution >= 4 is 28.3 Å². The predicted octanol–water partition coefficient (Wildman–Crippen LogP) is 3.32. The highest BCUT2D eigenvalue weighted by atomic mass is 35.5. The number of fused-ring (bicyclic) bond motifs is 1. The number of nitrogens with zero attached hydrogens (tertiary/aromatic N) is 2. The number of aromatic nitrogens is 3. The van der Waals surface area contributed by atoms with Crippen LogP contribution in [-0.2, 0) is 0 Å². The molecular formula is C13H11ClN4. The third-order valence-corrected chi connectivity index (χ3v) is 3.07. The van der Waals surface area contributed by atoms with Crippen LogP contribution < -0.4 is 5.32 Å². The zero-order chi connectivity index (χ0) is 12.5. The molecule has 0 aliphatic heterocycles. The Kier molecular flexibility index (Phi) is 2.64. The molecular weight excluding hydrogens is 248 g/mol. The minimum Gasteiger partial charge on any atom is -0.373 e. The van der Waals surface area contributed by atoms with E-state index in [1.807, 2.05) is 31.3 Å². The van der Waals surface area contributed by atoms with E-state index in [0.29, 0.717) is 5.02 Å². The summed E-state index contributed by atoms with van der Waals surface area (Å²) in [6, 6.07) is 7.75. The van der Waals surface area contributed by atoms with Crippen molar-refractivity contribution in [2.24, 2.45) is 0 Å². The molecule has 0 atom stereocenters. The average molecular weight is 259 g/mol. The number of aromatic amines is 1. The summed E-state index contributed by atoms with van der Waals surface area (Å²) in [5.41, 5.74) is 3.04. The van der Waals surface area contributed by atoms with Crippen molar-refractivity contribution in [3.63, 3.8) is 0 Å². The molecule has 2 aromatic heterocycles. The zero-order valence-corrected chi connectivity index (χ0v) is 10.5. The second-order valence-corrected chi connectivity index (χ2v) is 4.40. The first-order valence-electron chi connectivity index (χ1n) is 5.55. The second kappa shape index (κ2) is 4.31. The summed E-state index contributed by atoms with van der Waals surface area (Å²) in [4.78, 5) is 4.21. The monoisotopic (exact) mass is 258 g/mol. The molecule has 18 heavy (non-hydrogen) atoms. The number of benzene rings is 1. The number of halogens is 1. The van der Waals surface area contributed by atoms with Crippen LogP contribution in [0.25, 0.3) is 22.0 Å². The Bertz CT molecular complexity index is 705. The first-order valence-corrected chi connectivity index (χ1v) is 5.92. The van der Waals surface area contributed by atoms with Gasteiger partial charge in [0, 0.05) is 23.7 Å². The summed E-state index contributed by atoms with van der Waals surface area (Å²) in [7, 11) is 1.84. The topological polar surface area (TPSA) is 53.6 Å². The maximum absolute atomic E-state index is 6.13. The van der Waals surface area contributed by atoms with Crippen molar-refractivity contribution in [2.45, 2.75) is 0 Å². The van der Waals surface area contributed by atoms with Gasteiger partial charge in [0.2, 0.25) is 0 Å². The fraction of sp³-hybridized carbons (Fsp3) is 0.0769. The number of H-pyrrole nitrogens is 1. The highest BCUT2D eigenvalue weighted by Gasteiger charge is 2.08. The minimum atomic E-state index is 0.685. The fourth-order valence-corrected chi connectivity index (χ4v) is 2.21. The average Bonchev–Trinajstić information content (AvgIpc) is 2.85. The highest BCUT2D eigenvalue weighted by molar-refractivity contribution is 6.31. The molecule has 0 saturated carbocycles. The van der Waals surface area contributed by atoms with Crippen LogP contribution in [0.2, 0.25) is 5.02 Å². The number of pyridine rings is 1. The van der Waals surface area contributed by atoms with Gasteiger partial charge < -0.3 is 5.32 Å². The summed E-state index contributed by atoms with van der Waals surface area (Å²) in [6.07, 6.45) is 3.58. The number of anilines is 1. The molecule has 3 aromatic rings. The molecule has 3 rings (SSSR count). The molecule has 0 spiro atoms. The summed E-state index contributed by atoms with van der Waals surface area (Å²) in [6.45, 7) is 0. The smallest absolute Gasteiger partial charge is 0.126 e. The summed E-state index contributed by atoms with van der Waals surface area (Å²) >= 11 is 6.13. The first kappa shape index (κ1) is 11.0. The maximum Gasteiger partial charge on any atom is 0.126 e. The number of nitrogens with one attached hydrogen (secondary N) is 2. The van der Waals surface area contributed by atoms with Crippen LogP contribution in [0.15, 0.2) is 36.7 Å². The Balaban J connectivity index is 2.26. The highest BCUT2D eigenvalue weighted by Crippen LogP contribution is 2.31. The lowest BCUT2D eigenvalue weighted by Gasteiger charge is -2.06. The lowest BCUT2D eigenvalue weighted by atomic mass is 10.0. The molecule has 5 heteroatoms. The van der Waals surface area contributed by atoms with Gasteiger partial charge in [-0.1, -0.05) is 11.6 Å². The van der Waals surface area contributed by atoms with Gasteiger partial charge in [0.25, 0.3) is 0 Å². The van der Waals surface area contributed by atoms with E-state index in [9.17, 15) is 0 Å². The maximum atomic E-state index is 6.13. The van der Waals surface area contributed by atoms with Crippen LogP contribution in [-0.4, -0.2) is 22.2 Å². The van der Waals surface area contributed by atoms with Crippen LogP contribution in [0, 0.1) is 0 Å². The molecule has 0 saturated heterocycles. The molecule has 0 bridgehead atoms. The van der Waals surface area contributed by atoms with Crippen molar-refractivity contribution in [2.75, 3.05) is 12.4 Å². The predicted molar refractivity (Wildman–Crippen MR) is 73.9 cm³/mol. The number of hydrogen-bond donors (Lipinski definition) is 2. The van der Waals surface area contributed by atoms with Gasteiger partial charge >= 0.3 is 0 Å². The van der Waals surface area contributed by atoms with Gasteiger partial charge in [-0.3, -0.25) is 5.10 Å². The van der Waals surface area contributed by atoms with Crippen molar-refractivity contribution in [1.29, 1.82) is 0 Å². The van der Waals surface area contributed by atoms with Crippen LogP contribution in [0.3, 0.4) is 0 Å². The molecule has 0 aliphatic rings. The van der Waals surface area contributed by atoms with E-state index in [1.165, 1.54) is 0 Å². The van der Waals surface area contributed by atoms with Crippen LogP contribution >= 0.6 is 11.6 Å². The minimum absolute atomic E-state index is 0.685. The normalized spacial score (nSPS) is 10.8. The van der Waals surface area contributed by atoms with Crippen molar-refractivity contribution in [3.05, 3.63) is 41.7 Å². The fourth-order valence-electron chi connectivity index (χ4n) is 1.99. The molecule has 0 amide bonds. The van der Waals surface area contributed by atoms with E-state index in [4.69, 9.17) is 11.6 Å². The Morgan fingerprint density at radius 2 is 2.17 bits per heavy atom. The third-order valence-electron chi connectivity index (χ3n) is 2.85.